The molecule has 5 heteroatoms. The van der Waals surface area contributed by atoms with Crippen LogP contribution >= 0.6 is 0 Å². The predicted octanol–water partition coefficient (Wildman–Crippen LogP) is 0.733. The molecular weight excluding hydrogens is 254 g/mol. The normalized spacial score (nSPS) is 28.2. The first-order chi connectivity index (χ1) is 9.74. The fraction of sp³-hybridized carbons (Fsp3) is 0.933. The molecule has 1 aliphatic heterocycles. The summed E-state index contributed by atoms with van der Waals surface area (Å²) in [5, 5.41) is 3.05. The molecule has 3 N–H and O–H groups in total. The van der Waals surface area contributed by atoms with Gasteiger partial charge in [0.15, 0.2) is 0 Å². The maximum absolute atomic E-state index is 11.9. The van der Waals surface area contributed by atoms with Crippen molar-refractivity contribution < 1.29 is 9.53 Å². The van der Waals surface area contributed by atoms with Crippen molar-refractivity contribution in [2.75, 3.05) is 39.4 Å². The summed E-state index contributed by atoms with van der Waals surface area (Å²) in [6.07, 6.45) is 6.16. The Morgan fingerprint density at radius 3 is 2.85 bits per heavy atom. The van der Waals surface area contributed by atoms with E-state index in [0.717, 1.165) is 65.1 Å². The van der Waals surface area contributed by atoms with Crippen LogP contribution in [-0.2, 0) is 9.53 Å². The summed E-state index contributed by atoms with van der Waals surface area (Å²) in [4.78, 5) is 14.3. The molecule has 1 saturated carbocycles. The highest BCUT2D eigenvalue weighted by Crippen LogP contribution is 2.25. The van der Waals surface area contributed by atoms with E-state index in [1.54, 1.807) is 0 Å². The van der Waals surface area contributed by atoms with Crippen LogP contribution in [0.15, 0.2) is 0 Å². The maximum Gasteiger partial charge on any atom is 0.220 e. The van der Waals surface area contributed by atoms with E-state index in [-0.39, 0.29) is 5.91 Å². The number of nitrogens with zero attached hydrogens (tertiary/aromatic N) is 1. The molecule has 1 saturated heterocycles. The summed E-state index contributed by atoms with van der Waals surface area (Å²) in [5.41, 5.74) is 5.96. The van der Waals surface area contributed by atoms with Gasteiger partial charge in [-0.15, -0.1) is 0 Å². The molecule has 0 radical (unpaired) electrons. The average Bonchev–Trinajstić information content (AvgIpc) is 2.45. The molecule has 2 aliphatic rings. The topological polar surface area (TPSA) is 67.6 Å². The predicted molar refractivity (Wildman–Crippen MR) is 79.4 cm³/mol. The van der Waals surface area contributed by atoms with Gasteiger partial charge in [-0.2, -0.15) is 0 Å². The minimum atomic E-state index is 0.200. The van der Waals surface area contributed by atoms with Gasteiger partial charge in [0.25, 0.3) is 0 Å². The largest absolute Gasteiger partial charge is 0.379 e. The number of rotatable bonds is 6. The number of hydrogen-bond acceptors (Lipinski definition) is 4. The van der Waals surface area contributed by atoms with Crippen LogP contribution in [0.3, 0.4) is 0 Å². The van der Waals surface area contributed by atoms with Gasteiger partial charge in [0.1, 0.15) is 0 Å². The monoisotopic (exact) mass is 283 g/mol. The lowest BCUT2D eigenvalue weighted by Crippen LogP contribution is -2.38. The Balaban J connectivity index is 1.51. The molecule has 1 aliphatic carbocycles. The molecule has 20 heavy (non-hydrogen) atoms. The SMILES string of the molecule is NC1CCCC(CC(=O)NCCCN2CCOCC2)C1. The number of carbonyl (C=O) groups is 1. The van der Waals surface area contributed by atoms with E-state index >= 15 is 0 Å². The number of hydrogen-bond donors (Lipinski definition) is 2. The van der Waals surface area contributed by atoms with Crippen LogP contribution in [0.25, 0.3) is 0 Å². The molecule has 2 fully saturated rings. The molecule has 116 valence electrons. The van der Waals surface area contributed by atoms with Gasteiger partial charge in [-0.3, -0.25) is 9.69 Å². The molecule has 1 heterocycles. The first-order valence-corrected chi connectivity index (χ1v) is 8.06. The zero-order valence-corrected chi connectivity index (χ0v) is 12.5. The highest BCUT2D eigenvalue weighted by atomic mass is 16.5. The molecule has 2 atom stereocenters. The van der Waals surface area contributed by atoms with Crippen molar-refractivity contribution in [2.45, 2.75) is 44.6 Å². The highest BCUT2D eigenvalue weighted by Gasteiger charge is 2.21. The van der Waals surface area contributed by atoms with Gasteiger partial charge in [-0.05, 0) is 38.1 Å². The van der Waals surface area contributed by atoms with Gasteiger partial charge in [0.2, 0.25) is 5.91 Å². The van der Waals surface area contributed by atoms with E-state index in [4.69, 9.17) is 10.5 Å². The van der Waals surface area contributed by atoms with Gasteiger partial charge in [-0.25, -0.2) is 0 Å². The van der Waals surface area contributed by atoms with Crippen molar-refractivity contribution in [3.05, 3.63) is 0 Å². The zero-order valence-electron chi connectivity index (χ0n) is 12.5. The van der Waals surface area contributed by atoms with Gasteiger partial charge >= 0.3 is 0 Å². The second-order valence-corrected chi connectivity index (χ2v) is 6.15. The van der Waals surface area contributed by atoms with Crippen LogP contribution in [0.2, 0.25) is 0 Å². The Morgan fingerprint density at radius 2 is 2.10 bits per heavy atom. The van der Waals surface area contributed by atoms with E-state index in [9.17, 15) is 4.79 Å². The highest BCUT2D eigenvalue weighted by molar-refractivity contribution is 5.76. The van der Waals surface area contributed by atoms with Crippen molar-refractivity contribution in [3.8, 4) is 0 Å². The van der Waals surface area contributed by atoms with Gasteiger partial charge in [-0.1, -0.05) is 6.42 Å². The molecule has 0 aromatic heterocycles. The lowest BCUT2D eigenvalue weighted by Gasteiger charge is -2.27. The molecule has 5 nitrogen and oxygen atoms in total. The molecule has 1 amide bonds. The van der Waals surface area contributed by atoms with Crippen LogP contribution in [0, 0.1) is 5.92 Å². The molecule has 2 unspecified atom stereocenters. The van der Waals surface area contributed by atoms with Crippen molar-refractivity contribution in [3.63, 3.8) is 0 Å². The third-order valence-corrected chi connectivity index (χ3v) is 4.37. The van der Waals surface area contributed by atoms with E-state index in [2.05, 4.69) is 10.2 Å². The Hall–Kier alpha value is -0.650. The lowest BCUT2D eigenvalue weighted by atomic mass is 9.84. The minimum Gasteiger partial charge on any atom is -0.379 e. The van der Waals surface area contributed by atoms with Crippen LogP contribution in [0.5, 0.6) is 0 Å². The Labute approximate surface area is 122 Å². The van der Waals surface area contributed by atoms with Crippen LogP contribution in [-0.4, -0.2) is 56.2 Å². The van der Waals surface area contributed by atoms with Gasteiger partial charge in [0, 0.05) is 32.1 Å². The molecule has 0 bridgehead atoms. The lowest BCUT2D eigenvalue weighted by molar-refractivity contribution is -0.122. The third-order valence-electron chi connectivity index (χ3n) is 4.37. The number of nitrogens with two attached hydrogens (primary N) is 1. The second-order valence-electron chi connectivity index (χ2n) is 6.15. The summed E-state index contributed by atoms with van der Waals surface area (Å²) < 4.78 is 5.32. The molecule has 2 rings (SSSR count). The fourth-order valence-electron chi connectivity index (χ4n) is 3.21. The standard InChI is InChI=1S/C15H29N3O2/c16-14-4-1-3-13(11-14)12-15(19)17-5-2-6-18-7-9-20-10-8-18/h13-14H,1-12,16H2,(H,17,19). The van der Waals surface area contributed by atoms with E-state index in [0.29, 0.717) is 18.4 Å². The van der Waals surface area contributed by atoms with E-state index in [1.165, 1.54) is 6.42 Å². The summed E-state index contributed by atoms with van der Waals surface area (Å²) in [7, 11) is 0. The van der Waals surface area contributed by atoms with Crippen molar-refractivity contribution in [2.24, 2.45) is 11.7 Å². The summed E-state index contributed by atoms with van der Waals surface area (Å²) in [5.74, 6) is 0.698. The quantitative estimate of drug-likeness (QED) is 0.705. The van der Waals surface area contributed by atoms with Crippen molar-refractivity contribution in [1.82, 2.24) is 10.2 Å². The Morgan fingerprint density at radius 1 is 1.30 bits per heavy atom. The Bertz CT molecular complexity index is 293. The number of morpholine rings is 1. The van der Waals surface area contributed by atoms with Gasteiger partial charge < -0.3 is 15.8 Å². The molecule has 0 aromatic rings. The van der Waals surface area contributed by atoms with E-state index < -0.39 is 0 Å². The number of ether oxygens (including phenoxy) is 1. The molecular formula is C15H29N3O2. The number of carbonyl (C=O) groups excluding carboxylic acids is 1. The zero-order chi connectivity index (χ0) is 14.2. The van der Waals surface area contributed by atoms with Crippen LogP contribution in [0.4, 0.5) is 0 Å². The number of nitrogens with one attached hydrogen (secondary N) is 1. The minimum absolute atomic E-state index is 0.200. The second kappa shape index (κ2) is 8.60. The molecule has 0 spiro atoms. The summed E-state index contributed by atoms with van der Waals surface area (Å²) in [6, 6.07) is 0.308. The maximum atomic E-state index is 11.9. The van der Waals surface area contributed by atoms with Gasteiger partial charge in [0.05, 0.1) is 13.2 Å². The number of amides is 1. The first-order valence-electron chi connectivity index (χ1n) is 8.06. The van der Waals surface area contributed by atoms with Crippen molar-refractivity contribution in [1.29, 1.82) is 0 Å². The first kappa shape index (κ1) is 15.7. The summed E-state index contributed by atoms with van der Waals surface area (Å²) >= 11 is 0. The van der Waals surface area contributed by atoms with Crippen molar-refractivity contribution >= 4 is 5.91 Å². The van der Waals surface area contributed by atoms with Crippen LogP contribution < -0.4 is 11.1 Å². The average molecular weight is 283 g/mol. The smallest absolute Gasteiger partial charge is 0.220 e. The van der Waals surface area contributed by atoms with E-state index in [1.807, 2.05) is 0 Å². The van der Waals surface area contributed by atoms with Crippen LogP contribution in [0.1, 0.15) is 38.5 Å². The molecule has 0 aromatic carbocycles. The summed E-state index contributed by atoms with van der Waals surface area (Å²) in [6.45, 7) is 5.57. The Kier molecular flexibility index (Phi) is 6.76. The fourth-order valence-corrected chi connectivity index (χ4v) is 3.21. The third kappa shape index (κ3) is 5.77.